The highest BCUT2D eigenvalue weighted by molar-refractivity contribution is 5.21. The summed E-state index contributed by atoms with van der Waals surface area (Å²) >= 11 is 0. The van der Waals surface area contributed by atoms with Gasteiger partial charge in [-0.05, 0) is 37.7 Å². The zero-order valence-corrected chi connectivity index (χ0v) is 7.42. The van der Waals surface area contributed by atoms with Crippen LogP contribution in [-0.4, -0.2) is 9.97 Å². The standard InChI is InChI=1S/C10H12N2O/c13-10-11-8(6-1-2-6)5-9(12-10)7-3-4-7/h5-7H,1-4H2,(H,11,12,13). The first-order valence-electron chi connectivity index (χ1n) is 4.94. The van der Waals surface area contributed by atoms with Gasteiger partial charge in [-0.1, -0.05) is 0 Å². The van der Waals surface area contributed by atoms with E-state index >= 15 is 0 Å². The first-order chi connectivity index (χ1) is 6.33. The number of aromatic amines is 1. The number of nitrogens with one attached hydrogen (secondary N) is 1. The minimum atomic E-state index is -0.161. The Kier molecular flexibility index (Phi) is 1.37. The van der Waals surface area contributed by atoms with Crippen LogP contribution in [0.15, 0.2) is 10.9 Å². The zero-order valence-electron chi connectivity index (χ0n) is 7.42. The molecule has 1 heterocycles. The molecule has 1 N–H and O–H groups in total. The maximum atomic E-state index is 11.2. The molecule has 3 heteroatoms. The highest BCUT2D eigenvalue weighted by Crippen LogP contribution is 2.42. The van der Waals surface area contributed by atoms with Crippen molar-refractivity contribution in [1.82, 2.24) is 9.97 Å². The fourth-order valence-corrected chi connectivity index (χ4v) is 1.70. The molecule has 68 valence electrons. The van der Waals surface area contributed by atoms with E-state index in [-0.39, 0.29) is 5.69 Å². The summed E-state index contributed by atoms with van der Waals surface area (Å²) in [7, 11) is 0. The lowest BCUT2D eigenvalue weighted by molar-refractivity contribution is 0.886. The fraction of sp³-hybridized carbons (Fsp3) is 0.600. The van der Waals surface area contributed by atoms with Gasteiger partial charge >= 0.3 is 5.69 Å². The molecule has 2 aliphatic carbocycles. The number of H-pyrrole nitrogens is 1. The summed E-state index contributed by atoms with van der Waals surface area (Å²) < 4.78 is 0. The summed E-state index contributed by atoms with van der Waals surface area (Å²) in [6, 6.07) is 2.09. The third-order valence-electron chi connectivity index (χ3n) is 2.80. The van der Waals surface area contributed by atoms with E-state index in [1.165, 1.54) is 25.7 Å². The first kappa shape index (κ1) is 7.30. The lowest BCUT2D eigenvalue weighted by Gasteiger charge is -2.00. The minimum absolute atomic E-state index is 0.161. The smallest absolute Gasteiger partial charge is 0.310 e. The molecule has 0 spiro atoms. The average Bonchev–Trinajstić information content (AvgIpc) is 2.98. The van der Waals surface area contributed by atoms with Gasteiger partial charge in [-0.25, -0.2) is 4.79 Å². The van der Waals surface area contributed by atoms with Gasteiger partial charge in [0.15, 0.2) is 0 Å². The minimum Gasteiger partial charge on any atom is -0.310 e. The normalized spacial score (nSPS) is 21.8. The Balaban J connectivity index is 2.04. The number of hydrogen-bond acceptors (Lipinski definition) is 2. The third-order valence-corrected chi connectivity index (χ3v) is 2.80. The molecular weight excluding hydrogens is 164 g/mol. The van der Waals surface area contributed by atoms with Crippen molar-refractivity contribution in [2.24, 2.45) is 0 Å². The van der Waals surface area contributed by atoms with Gasteiger partial charge in [-0.15, -0.1) is 0 Å². The Morgan fingerprint density at radius 1 is 1.23 bits per heavy atom. The predicted molar refractivity (Wildman–Crippen MR) is 48.8 cm³/mol. The molecule has 0 bridgehead atoms. The highest BCUT2D eigenvalue weighted by atomic mass is 16.1. The Hall–Kier alpha value is -1.12. The summed E-state index contributed by atoms with van der Waals surface area (Å²) in [4.78, 5) is 18.0. The molecule has 2 aliphatic rings. The SMILES string of the molecule is O=c1nc(C2CC2)cc(C2CC2)[nH]1. The van der Waals surface area contributed by atoms with E-state index in [4.69, 9.17) is 0 Å². The van der Waals surface area contributed by atoms with Crippen LogP contribution in [0.3, 0.4) is 0 Å². The number of nitrogens with zero attached hydrogens (tertiary/aromatic N) is 1. The van der Waals surface area contributed by atoms with Crippen LogP contribution in [0.4, 0.5) is 0 Å². The summed E-state index contributed by atoms with van der Waals surface area (Å²) in [6.07, 6.45) is 4.87. The van der Waals surface area contributed by atoms with Gasteiger partial charge in [-0.3, -0.25) is 0 Å². The molecule has 13 heavy (non-hydrogen) atoms. The summed E-state index contributed by atoms with van der Waals surface area (Å²) in [5.74, 6) is 1.20. The van der Waals surface area contributed by atoms with Crippen molar-refractivity contribution >= 4 is 0 Å². The largest absolute Gasteiger partial charge is 0.345 e. The second-order valence-corrected chi connectivity index (χ2v) is 4.12. The topological polar surface area (TPSA) is 45.8 Å². The lowest BCUT2D eigenvalue weighted by Crippen LogP contribution is -2.14. The van der Waals surface area contributed by atoms with E-state index in [1.54, 1.807) is 0 Å². The molecule has 1 aromatic rings. The van der Waals surface area contributed by atoms with Gasteiger partial charge in [0.05, 0.1) is 5.69 Å². The van der Waals surface area contributed by atoms with E-state index in [9.17, 15) is 4.79 Å². The van der Waals surface area contributed by atoms with Crippen LogP contribution in [0.1, 0.15) is 48.9 Å². The Morgan fingerprint density at radius 3 is 2.54 bits per heavy atom. The van der Waals surface area contributed by atoms with Crippen molar-refractivity contribution in [1.29, 1.82) is 0 Å². The molecule has 0 radical (unpaired) electrons. The van der Waals surface area contributed by atoms with Crippen LogP contribution >= 0.6 is 0 Å². The molecule has 0 amide bonds. The van der Waals surface area contributed by atoms with Crippen molar-refractivity contribution in [3.05, 3.63) is 27.9 Å². The van der Waals surface area contributed by atoms with E-state index < -0.39 is 0 Å². The molecule has 0 unspecified atom stereocenters. The van der Waals surface area contributed by atoms with Crippen molar-refractivity contribution in [2.45, 2.75) is 37.5 Å². The van der Waals surface area contributed by atoms with Gasteiger partial charge in [0.1, 0.15) is 0 Å². The number of aromatic nitrogens is 2. The maximum Gasteiger partial charge on any atom is 0.345 e. The van der Waals surface area contributed by atoms with Crippen molar-refractivity contribution < 1.29 is 0 Å². The third kappa shape index (κ3) is 1.39. The van der Waals surface area contributed by atoms with Crippen LogP contribution < -0.4 is 5.69 Å². The molecule has 2 fully saturated rings. The maximum absolute atomic E-state index is 11.2. The summed E-state index contributed by atoms with van der Waals surface area (Å²) in [6.45, 7) is 0. The Labute approximate surface area is 76.2 Å². The van der Waals surface area contributed by atoms with Crippen LogP contribution in [0, 0.1) is 0 Å². The lowest BCUT2D eigenvalue weighted by atomic mass is 10.2. The van der Waals surface area contributed by atoms with E-state index in [0.29, 0.717) is 11.8 Å². The Morgan fingerprint density at radius 2 is 1.92 bits per heavy atom. The number of rotatable bonds is 2. The molecule has 0 atom stereocenters. The van der Waals surface area contributed by atoms with Gasteiger partial charge in [0.25, 0.3) is 0 Å². The quantitative estimate of drug-likeness (QED) is 0.742. The molecule has 0 aromatic carbocycles. The van der Waals surface area contributed by atoms with Crippen molar-refractivity contribution in [3.63, 3.8) is 0 Å². The monoisotopic (exact) mass is 176 g/mol. The first-order valence-corrected chi connectivity index (χ1v) is 4.94. The Bertz CT molecular complexity index is 355. The van der Waals surface area contributed by atoms with Gasteiger partial charge in [0, 0.05) is 11.6 Å². The molecule has 0 saturated heterocycles. The molecule has 3 rings (SSSR count). The fourth-order valence-electron chi connectivity index (χ4n) is 1.70. The summed E-state index contributed by atoms with van der Waals surface area (Å²) in [5, 5.41) is 0. The van der Waals surface area contributed by atoms with Gasteiger partial charge in [-0.2, -0.15) is 4.98 Å². The zero-order chi connectivity index (χ0) is 8.84. The van der Waals surface area contributed by atoms with Crippen molar-refractivity contribution in [2.75, 3.05) is 0 Å². The van der Waals surface area contributed by atoms with Gasteiger partial charge < -0.3 is 4.98 Å². The molecule has 2 saturated carbocycles. The molecule has 0 aliphatic heterocycles. The van der Waals surface area contributed by atoms with Crippen LogP contribution in [-0.2, 0) is 0 Å². The predicted octanol–water partition coefficient (Wildman–Crippen LogP) is 1.52. The van der Waals surface area contributed by atoms with E-state index in [2.05, 4.69) is 16.0 Å². The van der Waals surface area contributed by atoms with E-state index in [1.807, 2.05) is 0 Å². The van der Waals surface area contributed by atoms with E-state index in [0.717, 1.165) is 11.4 Å². The van der Waals surface area contributed by atoms with Crippen LogP contribution in [0.5, 0.6) is 0 Å². The summed E-state index contributed by atoms with van der Waals surface area (Å²) in [5.41, 5.74) is 1.97. The second-order valence-electron chi connectivity index (χ2n) is 4.12. The highest BCUT2D eigenvalue weighted by Gasteiger charge is 2.29. The number of hydrogen-bond donors (Lipinski definition) is 1. The second kappa shape index (κ2) is 2.44. The van der Waals surface area contributed by atoms with Gasteiger partial charge in [0.2, 0.25) is 0 Å². The average molecular weight is 176 g/mol. The van der Waals surface area contributed by atoms with Crippen LogP contribution in [0.2, 0.25) is 0 Å². The molecule has 3 nitrogen and oxygen atoms in total. The molecular formula is C10H12N2O. The van der Waals surface area contributed by atoms with Crippen molar-refractivity contribution in [3.8, 4) is 0 Å². The molecule has 1 aromatic heterocycles. The van der Waals surface area contributed by atoms with Crippen LogP contribution in [0.25, 0.3) is 0 Å².